The quantitative estimate of drug-likeness (QED) is 0.567. The summed E-state index contributed by atoms with van der Waals surface area (Å²) in [5.74, 6) is 0. The molecule has 0 saturated carbocycles. The average Bonchev–Trinajstić information content (AvgIpc) is 1.96. The number of nitrogens with zero attached hydrogens (tertiary/aromatic N) is 1. The molecule has 0 aliphatic carbocycles. The summed E-state index contributed by atoms with van der Waals surface area (Å²) in [5, 5.41) is 3.25. The van der Waals surface area contributed by atoms with Crippen molar-refractivity contribution in [3.05, 3.63) is 24.6 Å². The minimum Gasteiger partial charge on any atom is -0.376 e. The van der Waals surface area contributed by atoms with E-state index in [0.717, 1.165) is 5.71 Å². The Bertz CT molecular complexity index is 226. The standard InChI is InChI=1S/C9H14N2/c1-4-5-9(3)8(2)10-6-7-11-9/h4-7,11H,1-3H3/b5-4-. The van der Waals surface area contributed by atoms with E-state index in [1.54, 1.807) is 6.20 Å². The minimum absolute atomic E-state index is 0.0799. The van der Waals surface area contributed by atoms with Crippen LogP contribution in [0.25, 0.3) is 0 Å². The molecule has 1 aliphatic heterocycles. The molecule has 1 unspecified atom stereocenters. The van der Waals surface area contributed by atoms with Crippen molar-refractivity contribution >= 4 is 5.71 Å². The molecule has 11 heavy (non-hydrogen) atoms. The van der Waals surface area contributed by atoms with Crippen LogP contribution in [-0.2, 0) is 0 Å². The van der Waals surface area contributed by atoms with Gasteiger partial charge in [0.25, 0.3) is 0 Å². The number of rotatable bonds is 1. The highest BCUT2D eigenvalue weighted by molar-refractivity contribution is 5.94. The molecule has 0 bridgehead atoms. The fraction of sp³-hybridized carbons (Fsp3) is 0.444. The van der Waals surface area contributed by atoms with Crippen LogP contribution in [0.5, 0.6) is 0 Å². The third-order valence-electron chi connectivity index (χ3n) is 1.98. The monoisotopic (exact) mass is 150 g/mol. The SMILES string of the molecule is C/C=C\C1(C)NC=CN=C1C. The topological polar surface area (TPSA) is 24.4 Å². The van der Waals surface area contributed by atoms with Crippen molar-refractivity contribution in [3.8, 4) is 0 Å². The molecular formula is C9H14N2. The van der Waals surface area contributed by atoms with Crippen molar-refractivity contribution in [2.75, 3.05) is 0 Å². The van der Waals surface area contributed by atoms with Crippen LogP contribution >= 0.6 is 0 Å². The van der Waals surface area contributed by atoms with Gasteiger partial charge in [-0.05, 0) is 20.8 Å². The first-order chi connectivity index (χ1) is 5.19. The van der Waals surface area contributed by atoms with Gasteiger partial charge in [-0.3, -0.25) is 4.99 Å². The molecular weight excluding hydrogens is 136 g/mol. The van der Waals surface area contributed by atoms with E-state index >= 15 is 0 Å². The molecule has 0 aromatic carbocycles. The lowest BCUT2D eigenvalue weighted by Gasteiger charge is -2.28. The zero-order chi connectivity index (χ0) is 8.32. The number of allylic oxidation sites excluding steroid dienone is 1. The van der Waals surface area contributed by atoms with Crippen molar-refractivity contribution in [1.29, 1.82) is 0 Å². The molecule has 1 atom stereocenters. The van der Waals surface area contributed by atoms with E-state index < -0.39 is 0 Å². The molecule has 0 radical (unpaired) electrons. The van der Waals surface area contributed by atoms with Gasteiger partial charge in [0, 0.05) is 18.1 Å². The fourth-order valence-electron chi connectivity index (χ4n) is 1.10. The molecule has 0 spiro atoms. The Morgan fingerprint density at radius 1 is 1.64 bits per heavy atom. The Kier molecular flexibility index (Phi) is 2.13. The van der Waals surface area contributed by atoms with Gasteiger partial charge in [0.1, 0.15) is 0 Å². The molecule has 1 heterocycles. The molecule has 60 valence electrons. The maximum atomic E-state index is 4.22. The normalized spacial score (nSPS) is 30.3. The van der Waals surface area contributed by atoms with Gasteiger partial charge in [-0.1, -0.05) is 12.2 Å². The summed E-state index contributed by atoms with van der Waals surface area (Å²) >= 11 is 0. The molecule has 0 aromatic heterocycles. The van der Waals surface area contributed by atoms with Gasteiger partial charge < -0.3 is 5.32 Å². The first kappa shape index (κ1) is 8.05. The second kappa shape index (κ2) is 2.91. The lowest BCUT2D eigenvalue weighted by molar-refractivity contribution is 0.642. The molecule has 2 heteroatoms. The van der Waals surface area contributed by atoms with E-state index in [4.69, 9.17) is 0 Å². The predicted octanol–water partition coefficient (Wildman–Crippen LogP) is 1.86. The highest BCUT2D eigenvalue weighted by atomic mass is 15.0. The molecule has 0 aromatic rings. The van der Waals surface area contributed by atoms with Crippen molar-refractivity contribution in [3.63, 3.8) is 0 Å². The molecule has 0 saturated heterocycles. The van der Waals surface area contributed by atoms with E-state index in [9.17, 15) is 0 Å². The Morgan fingerprint density at radius 2 is 2.36 bits per heavy atom. The van der Waals surface area contributed by atoms with E-state index in [1.807, 2.05) is 26.1 Å². The van der Waals surface area contributed by atoms with Gasteiger partial charge in [0.05, 0.1) is 5.54 Å². The zero-order valence-electron chi connectivity index (χ0n) is 7.26. The molecule has 1 aliphatic rings. The summed E-state index contributed by atoms with van der Waals surface area (Å²) < 4.78 is 0. The summed E-state index contributed by atoms with van der Waals surface area (Å²) in [6.45, 7) is 6.14. The van der Waals surface area contributed by atoms with E-state index in [0.29, 0.717) is 0 Å². The van der Waals surface area contributed by atoms with Crippen LogP contribution in [0.3, 0.4) is 0 Å². The highest BCUT2D eigenvalue weighted by Gasteiger charge is 2.23. The molecule has 2 nitrogen and oxygen atoms in total. The maximum absolute atomic E-state index is 4.22. The Morgan fingerprint density at radius 3 is 2.91 bits per heavy atom. The zero-order valence-corrected chi connectivity index (χ0v) is 7.26. The molecule has 1 N–H and O–H groups in total. The first-order valence-electron chi connectivity index (χ1n) is 3.80. The molecule has 0 amide bonds. The van der Waals surface area contributed by atoms with Crippen LogP contribution in [0, 0.1) is 0 Å². The van der Waals surface area contributed by atoms with Crippen LogP contribution in [0.15, 0.2) is 29.5 Å². The summed E-state index contributed by atoms with van der Waals surface area (Å²) in [7, 11) is 0. The van der Waals surface area contributed by atoms with Crippen molar-refractivity contribution in [2.24, 2.45) is 4.99 Å². The van der Waals surface area contributed by atoms with Gasteiger partial charge >= 0.3 is 0 Å². The van der Waals surface area contributed by atoms with E-state index in [-0.39, 0.29) is 5.54 Å². The molecule has 0 fully saturated rings. The van der Waals surface area contributed by atoms with Crippen LogP contribution < -0.4 is 5.32 Å². The largest absolute Gasteiger partial charge is 0.376 e. The maximum Gasteiger partial charge on any atom is 0.0906 e. The Balaban J connectivity index is 2.88. The third-order valence-corrected chi connectivity index (χ3v) is 1.98. The highest BCUT2D eigenvalue weighted by Crippen LogP contribution is 2.12. The fourth-order valence-corrected chi connectivity index (χ4v) is 1.10. The summed E-state index contributed by atoms with van der Waals surface area (Å²) in [4.78, 5) is 4.22. The van der Waals surface area contributed by atoms with Gasteiger partial charge in [0.2, 0.25) is 0 Å². The number of nitrogens with one attached hydrogen (secondary N) is 1. The molecule has 1 rings (SSSR count). The summed E-state index contributed by atoms with van der Waals surface area (Å²) in [5.41, 5.74) is 1.02. The van der Waals surface area contributed by atoms with Crippen molar-refractivity contribution in [1.82, 2.24) is 5.32 Å². The predicted molar refractivity (Wildman–Crippen MR) is 48.6 cm³/mol. The number of aliphatic imine (C=N–C) groups is 1. The van der Waals surface area contributed by atoms with Gasteiger partial charge in [-0.25, -0.2) is 0 Å². The van der Waals surface area contributed by atoms with Crippen molar-refractivity contribution in [2.45, 2.75) is 26.3 Å². The lowest BCUT2D eigenvalue weighted by atomic mass is 9.95. The van der Waals surface area contributed by atoms with Gasteiger partial charge in [0.15, 0.2) is 0 Å². The van der Waals surface area contributed by atoms with Crippen LogP contribution in [0.1, 0.15) is 20.8 Å². The van der Waals surface area contributed by atoms with Gasteiger partial charge in [-0.2, -0.15) is 0 Å². The minimum atomic E-state index is -0.0799. The van der Waals surface area contributed by atoms with Crippen LogP contribution in [0.4, 0.5) is 0 Å². The van der Waals surface area contributed by atoms with Crippen molar-refractivity contribution < 1.29 is 0 Å². The Hall–Kier alpha value is -1.05. The number of hydrogen-bond acceptors (Lipinski definition) is 2. The lowest BCUT2D eigenvalue weighted by Crippen LogP contribution is -2.45. The summed E-state index contributed by atoms with van der Waals surface area (Å²) in [6, 6.07) is 0. The van der Waals surface area contributed by atoms with Crippen LogP contribution in [0.2, 0.25) is 0 Å². The number of hydrogen-bond donors (Lipinski definition) is 1. The smallest absolute Gasteiger partial charge is 0.0906 e. The Labute approximate surface area is 67.7 Å². The third kappa shape index (κ3) is 1.50. The van der Waals surface area contributed by atoms with Gasteiger partial charge in [-0.15, -0.1) is 0 Å². The van der Waals surface area contributed by atoms with Crippen LogP contribution in [-0.4, -0.2) is 11.3 Å². The first-order valence-corrected chi connectivity index (χ1v) is 3.80. The second-order valence-corrected chi connectivity index (χ2v) is 2.88. The average molecular weight is 150 g/mol. The van der Waals surface area contributed by atoms with E-state index in [1.165, 1.54) is 0 Å². The van der Waals surface area contributed by atoms with E-state index in [2.05, 4.69) is 23.3 Å². The second-order valence-electron chi connectivity index (χ2n) is 2.88. The summed E-state index contributed by atoms with van der Waals surface area (Å²) in [6.07, 6.45) is 7.79.